The monoisotopic (exact) mass is 660 g/mol. The van der Waals surface area contributed by atoms with Crippen molar-refractivity contribution in [3.8, 4) is 22.4 Å². The van der Waals surface area contributed by atoms with Gasteiger partial charge in [-0.1, -0.05) is 118 Å². The van der Waals surface area contributed by atoms with Crippen LogP contribution in [0.5, 0.6) is 0 Å². The Morgan fingerprint density at radius 3 is 1.66 bits per heavy atom. The number of para-hydroxylation sites is 2. The average molecular weight is 661 g/mol. The lowest BCUT2D eigenvalue weighted by Crippen LogP contribution is -2.12. The minimum absolute atomic E-state index is 0.0962. The molecule has 0 radical (unpaired) electrons. The molecule has 0 saturated heterocycles. The van der Waals surface area contributed by atoms with Crippen LogP contribution in [-0.4, -0.2) is 9.55 Å². The number of benzene rings is 6. The molecule has 5 heteroatoms. The lowest BCUT2D eigenvalue weighted by molar-refractivity contribution is -0.137. The molecule has 50 heavy (non-hydrogen) atoms. The largest absolute Gasteiger partial charge is 0.418 e. The molecule has 246 valence electrons. The molecule has 8 aromatic rings. The van der Waals surface area contributed by atoms with Crippen LogP contribution in [0.4, 0.5) is 13.2 Å². The van der Waals surface area contributed by atoms with E-state index in [0.29, 0.717) is 11.3 Å². The van der Waals surface area contributed by atoms with Crippen molar-refractivity contribution in [3.05, 3.63) is 151 Å². The van der Waals surface area contributed by atoms with Crippen molar-refractivity contribution in [2.24, 2.45) is 7.05 Å². The minimum atomic E-state index is -4.60. The Labute approximate surface area is 288 Å². The van der Waals surface area contributed by atoms with Crippen molar-refractivity contribution in [1.29, 1.82) is 0 Å². The zero-order valence-electron chi connectivity index (χ0n) is 28.3. The Hall–Kier alpha value is -5.68. The molecule has 0 bridgehead atoms. The maximum atomic E-state index is 14.8. The second kappa shape index (κ2) is 11.7. The number of alkyl halides is 3. The molecule has 0 aliphatic heterocycles. The number of hydrogen-bond acceptors (Lipinski definition) is 1. The molecule has 0 amide bonds. The quantitative estimate of drug-likeness (QED) is 0.180. The summed E-state index contributed by atoms with van der Waals surface area (Å²) in [5.74, 6) is 0. The summed E-state index contributed by atoms with van der Waals surface area (Å²) in [7, 11) is 2.06. The molecule has 8 rings (SSSR count). The van der Waals surface area contributed by atoms with Gasteiger partial charge < -0.3 is 4.57 Å². The predicted molar refractivity (Wildman–Crippen MR) is 203 cm³/mol. The topological polar surface area (TPSA) is 17.8 Å². The van der Waals surface area contributed by atoms with Gasteiger partial charge in [-0.2, -0.15) is 13.2 Å². The van der Waals surface area contributed by atoms with E-state index in [1.54, 1.807) is 6.07 Å². The molecule has 0 saturated carbocycles. The highest BCUT2D eigenvalue weighted by Crippen LogP contribution is 2.42. The highest BCUT2D eigenvalue weighted by molar-refractivity contribution is 6.19. The first-order valence-electron chi connectivity index (χ1n) is 16.8. The number of pyridine rings is 1. The fraction of sp³-hybridized carbons (Fsp3) is 0.133. The van der Waals surface area contributed by atoms with Gasteiger partial charge in [-0.3, -0.25) is 4.98 Å². The Morgan fingerprint density at radius 2 is 1.04 bits per heavy atom. The van der Waals surface area contributed by atoms with Crippen molar-refractivity contribution in [3.63, 3.8) is 0 Å². The number of nitrogens with zero attached hydrogens (tertiary/aromatic N) is 2. The van der Waals surface area contributed by atoms with E-state index in [0.717, 1.165) is 71.4 Å². The van der Waals surface area contributed by atoms with E-state index in [4.69, 9.17) is 0 Å². The zero-order valence-corrected chi connectivity index (χ0v) is 28.3. The predicted octanol–water partition coefficient (Wildman–Crippen LogP) is 13.0. The maximum Gasteiger partial charge on any atom is 0.418 e. The van der Waals surface area contributed by atoms with Crippen LogP contribution in [0.2, 0.25) is 0 Å². The molecule has 6 aromatic carbocycles. The SMILES string of the molecule is Cn1c2ccccc2c2ccccc2c2cc(-c3cc(-c4cc(C(C)(C)C)c5ccccc5c4)ncc3C(F)(F)F)ccc2c2ccccc21. The molecule has 0 unspecified atom stereocenters. The molecule has 2 aromatic heterocycles. The summed E-state index contributed by atoms with van der Waals surface area (Å²) < 4.78 is 46.6. The van der Waals surface area contributed by atoms with Gasteiger partial charge in [0.2, 0.25) is 0 Å². The molecular weight excluding hydrogens is 626 g/mol. The van der Waals surface area contributed by atoms with E-state index in [2.05, 4.69) is 85.9 Å². The Bertz CT molecular complexity index is 2690. The molecule has 2 heterocycles. The second-order valence-corrected chi connectivity index (χ2v) is 14.0. The number of aromatic nitrogens is 2. The van der Waals surface area contributed by atoms with Crippen LogP contribution in [0, 0.1) is 0 Å². The Kier molecular flexibility index (Phi) is 7.41. The summed E-state index contributed by atoms with van der Waals surface area (Å²) in [6, 6.07) is 44.2. The van der Waals surface area contributed by atoms with Gasteiger partial charge in [0.15, 0.2) is 0 Å². The van der Waals surface area contributed by atoms with E-state index >= 15 is 0 Å². The van der Waals surface area contributed by atoms with E-state index in [9.17, 15) is 13.2 Å². The lowest BCUT2D eigenvalue weighted by Gasteiger charge is -2.23. The highest BCUT2D eigenvalue weighted by Gasteiger charge is 2.35. The van der Waals surface area contributed by atoms with E-state index in [-0.39, 0.29) is 11.0 Å². The first-order chi connectivity index (χ1) is 24.0. The Balaban J connectivity index is 1.48. The van der Waals surface area contributed by atoms with Gasteiger partial charge in [0.1, 0.15) is 0 Å². The summed E-state index contributed by atoms with van der Waals surface area (Å²) >= 11 is 0. The third kappa shape index (κ3) is 5.34. The molecule has 0 aliphatic rings. The molecule has 0 atom stereocenters. The number of hydrogen-bond donors (Lipinski definition) is 0. The molecule has 2 nitrogen and oxygen atoms in total. The molecular formula is C45H35F3N2. The van der Waals surface area contributed by atoms with Gasteiger partial charge in [-0.05, 0) is 90.8 Å². The first kappa shape index (κ1) is 31.6. The van der Waals surface area contributed by atoms with Crippen molar-refractivity contribution >= 4 is 54.1 Å². The number of rotatable bonds is 2. The van der Waals surface area contributed by atoms with Crippen LogP contribution < -0.4 is 0 Å². The molecule has 0 fully saturated rings. The van der Waals surface area contributed by atoms with Gasteiger partial charge in [0.05, 0.1) is 11.3 Å². The summed E-state index contributed by atoms with van der Waals surface area (Å²) in [6.07, 6.45) is -3.61. The van der Waals surface area contributed by atoms with Crippen molar-refractivity contribution in [2.45, 2.75) is 32.4 Å². The maximum absolute atomic E-state index is 14.8. The summed E-state index contributed by atoms with van der Waals surface area (Å²) in [4.78, 5) is 4.43. The van der Waals surface area contributed by atoms with Crippen molar-refractivity contribution in [1.82, 2.24) is 9.55 Å². The van der Waals surface area contributed by atoms with Crippen LogP contribution in [0.3, 0.4) is 0 Å². The zero-order chi connectivity index (χ0) is 34.8. The third-order valence-corrected chi connectivity index (χ3v) is 9.83. The van der Waals surface area contributed by atoms with Crippen LogP contribution in [0.15, 0.2) is 140 Å². The standard InChI is InChI=1S/C45H35F3N2/c1-44(2,3)39-25-30(23-28-13-5-6-14-31(28)39)41-26-37(40(27-49-41)45(46,47)48)29-21-22-34-36-18-10-12-20-43(36)50(4)42-19-11-9-17-35(42)32-15-7-8-16-33(32)38(34)24-29/h5-27H,1-4H3. The van der Waals surface area contributed by atoms with Gasteiger partial charge in [0.25, 0.3) is 0 Å². The van der Waals surface area contributed by atoms with E-state index in [1.165, 1.54) is 0 Å². The van der Waals surface area contributed by atoms with Gasteiger partial charge >= 0.3 is 6.18 Å². The van der Waals surface area contributed by atoms with Crippen molar-refractivity contribution < 1.29 is 13.2 Å². The fourth-order valence-electron chi connectivity index (χ4n) is 7.40. The normalized spacial score (nSPS) is 12.3. The van der Waals surface area contributed by atoms with Crippen LogP contribution in [0.1, 0.15) is 31.9 Å². The van der Waals surface area contributed by atoms with Crippen LogP contribution in [0.25, 0.3) is 76.5 Å². The van der Waals surface area contributed by atoms with Crippen molar-refractivity contribution in [2.75, 3.05) is 0 Å². The van der Waals surface area contributed by atoms with Crippen LogP contribution >= 0.6 is 0 Å². The van der Waals surface area contributed by atoms with Gasteiger partial charge in [-0.15, -0.1) is 0 Å². The average Bonchev–Trinajstić information content (AvgIpc) is 3.16. The Morgan fingerprint density at radius 1 is 0.500 bits per heavy atom. The second-order valence-electron chi connectivity index (χ2n) is 14.0. The summed E-state index contributed by atoms with van der Waals surface area (Å²) in [6.45, 7) is 6.45. The molecule has 0 aliphatic carbocycles. The summed E-state index contributed by atoms with van der Waals surface area (Å²) in [5, 5.41) is 7.97. The minimum Gasteiger partial charge on any atom is -0.344 e. The third-order valence-electron chi connectivity index (χ3n) is 9.83. The number of halogens is 3. The van der Waals surface area contributed by atoms with Gasteiger partial charge in [-0.25, -0.2) is 0 Å². The van der Waals surface area contributed by atoms with Gasteiger partial charge in [0, 0.05) is 40.6 Å². The number of aryl methyl sites for hydroxylation is 1. The summed E-state index contributed by atoms with van der Waals surface area (Å²) in [5.41, 5.74) is 4.07. The fourth-order valence-corrected chi connectivity index (χ4v) is 7.40. The van der Waals surface area contributed by atoms with E-state index < -0.39 is 11.7 Å². The van der Waals surface area contributed by atoms with E-state index in [1.807, 2.05) is 78.9 Å². The lowest BCUT2D eigenvalue weighted by atomic mass is 9.82. The highest BCUT2D eigenvalue weighted by atomic mass is 19.4. The first-order valence-corrected chi connectivity index (χ1v) is 16.8. The number of fused-ring (bicyclic) bond motifs is 8. The molecule has 0 spiro atoms. The van der Waals surface area contributed by atoms with Crippen LogP contribution in [-0.2, 0) is 18.6 Å². The smallest absolute Gasteiger partial charge is 0.344 e. The molecule has 0 N–H and O–H groups in total.